The lowest BCUT2D eigenvalue weighted by Crippen LogP contribution is -2.09. The Hall–Kier alpha value is -1.96. The lowest BCUT2D eigenvalue weighted by Gasteiger charge is -2.12. The van der Waals surface area contributed by atoms with Gasteiger partial charge in [0.2, 0.25) is 0 Å². The lowest BCUT2D eigenvalue weighted by atomic mass is 10.2. The number of fused-ring (bicyclic) bond motifs is 1. The molecule has 1 fully saturated rings. The maximum absolute atomic E-state index is 13.9. The fourth-order valence-corrected chi connectivity index (χ4v) is 3.16. The molecule has 4 rings (SSSR count). The molecule has 1 aliphatic rings. The zero-order valence-electron chi connectivity index (χ0n) is 13.0. The van der Waals surface area contributed by atoms with E-state index < -0.39 is 6.08 Å². The number of nitrogens with zero attached hydrogens (tertiary/aromatic N) is 4. The van der Waals surface area contributed by atoms with Crippen molar-refractivity contribution in [1.29, 1.82) is 0 Å². The first-order valence-corrected chi connectivity index (χ1v) is 8.57. The van der Waals surface area contributed by atoms with Gasteiger partial charge in [0.05, 0.1) is 16.4 Å². The van der Waals surface area contributed by atoms with Crippen molar-refractivity contribution in [3.63, 3.8) is 0 Å². The van der Waals surface area contributed by atoms with Gasteiger partial charge in [-0.2, -0.15) is 14.4 Å². The van der Waals surface area contributed by atoms with Crippen LogP contribution in [0.4, 0.5) is 10.2 Å². The molecule has 6 nitrogen and oxygen atoms in total. The van der Waals surface area contributed by atoms with Gasteiger partial charge in [0.15, 0.2) is 17.0 Å². The summed E-state index contributed by atoms with van der Waals surface area (Å²) in [5.74, 6) is 0.324. The van der Waals surface area contributed by atoms with Crippen LogP contribution in [-0.2, 0) is 11.3 Å². The Morgan fingerprint density at radius 1 is 1.28 bits per heavy atom. The van der Waals surface area contributed by atoms with Crippen LogP contribution < -0.4 is 5.32 Å². The molecule has 0 bridgehead atoms. The summed E-state index contributed by atoms with van der Waals surface area (Å²) in [5.41, 5.74) is 1.80. The van der Waals surface area contributed by atoms with Gasteiger partial charge >= 0.3 is 6.08 Å². The van der Waals surface area contributed by atoms with E-state index in [1.165, 1.54) is 0 Å². The second kappa shape index (κ2) is 6.74. The minimum Gasteiger partial charge on any atom is -0.364 e. The number of hydrogen-bond donors (Lipinski definition) is 1. The molecule has 0 amide bonds. The number of rotatable bonds is 4. The third-order valence-corrected chi connectivity index (χ3v) is 4.79. The smallest absolute Gasteiger partial charge is 0.312 e. The van der Waals surface area contributed by atoms with E-state index in [1.807, 2.05) is 6.07 Å². The minimum atomic E-state index is -0.816. The molecule has 0 aliphatic carbocycles. The highest BCUT2D eigenvalue weighted by Gasteiger charge is 2.22. The second-order valence-electron chi connectivity index (χ2n) is 5.73. The number of halogens is 3. The molecular weight excluding hydrogens is 368 g/mol. The van der Waals surface area contributed by atoms with Crippen LogP contribution in [0.5, 0.6) is 0 Å². The fraction of sp³-hybridized carbons (Fsp3) is 0.312. The van der Waals surface area contributed by atoms with Crippen LogP contribution in [0, 0.1) is 6.08 Å². The normalized spacial score (nSPS) is 17.3. The summed E-state index contributed by atoms with van der Waals surface area (Å²) >= 11 is 11.9. The topological polar surface area (TPSA) is 64.9 Å². The molecule has 0 spiro atoms. The van der Waals surface area contributed by atoms with Gasteiger partial charge in [-0.1, -0.05) is 29.3 Å². The summed E-state index contributed by atoms with van der Waals surface area (Å²) in [5, 5.41) is 4.03. The van der Waals surface area contributed by atoms with Crippen molar-refractivity contribution in [2.75, 3.05) is 11.9 Å². The molecule has 0 saturated carbocycles. The SMILES string of the molecule is Fc1nc(NCc2ccc(Cl)c(Cl)c2)c2ncn(C3CCCO3)c2n1. The van der Waals surface area contributed by atoms with E-state index in [4.69, 9.17) is 27.9 Å². The average molecular weight is 382 g/mol. The van der Waals surface area contributed by atoms with Crippen molar-refractivity contribution < 1.29 is 9.13 Å². The molecule has 3 aromatic rings. The highest BCUT2D eigenvalue weighted by atomic mass is 35.5. The zero-order valence-corrected chi connectivity index (χ0v) is 14.6. The van der Waals surface area contributed by atoms with Gasteiger partial charge in [-0.25, -0.2) is 4.98 Å². The summed E-state index contributed by atoms with van der Waals surface area (Å²) in [6.07, 6.45) is 2.44. The summed E-state index contributed by atoms with van der Waals surface area (Å²) in [4.78, 5) is 12.0. The molecule has 1 saturated heterocycles. The summed E-state index contributed by atoms with van der Waals surface area (Å²) in [6.45, 7) is 1.08. The van der Waals surface area contributed by atoms with Crippen LogP contribution in [0.2, 0.25) is 10.0 Å². The number of ether oxygens (including phenoxy) is 1. The van der Waals surface area contributed by atoms with E-state index in [1.54, 1.807) is 23.0 Å². The number of hydrogen-bond acceptors (Lipinski definition) is 5. The van der Waals surface area contributed by atoms with Crippen LogP contribution >= 0.6 is 23.2 Å². The molecule has 1 N–H and O–H groups in total. The first-order chi connectivity index (χ1) is 12.1. The molecule has 1 atom stereocenters. The molecule has 2 aromatic heterocycles. The largest absolute Gasteiger partial charge is 0.364 e. The van der Waals surface area contributed by atoms with E-state index >= 15 is 0 Å². The quantitative estimate of drug-likeness (QED) is 0.686. The van der Waals surface area contributed by atoms with Crippen molar-refractivity contribution >= 4 is 40.2 Å². The Bertz CT molecular complexity index is 926. The zero-order chi connectivity index (χ0) is 17.4. The van der Waals surface area contributed by atoms with Gasteiger partial charge < -0.3 is 10.1 Å². The second-order valence-corrected chi connectivity index (χ2v) is 6.55. The van der Waals surface area contributed by atoms with Gasteiger partial charge in [-0.15, -0.1) is 0 Å². The lowest BCUT2D eigenvalue weighted by molar-refractivity contribution is 0.0592. The predicted molar refractivity (Wildman–Crippen MR) is 93.3 cm³/mol. The molecule has 1 unspecified atom stereocenters. The van der Waals surface area contributed by atoms with Crippen molar-refractivity contribution in [2.24, 2.45) is 0 Å². The number of nitrogens with one attached hydrogen (secondary N) is 1. The number of aromatic nitrogens is 4. The standard InChI is InChI=1S/C16H14Cl2FN5O/c17-10-4-3-9(6-11(10)18)7-20-14-13-15(23-16(19)22-14)24(8-21-13)12-2-1-5-25-12/h3-4,6,8,12H,1-2,5,7H2,(H,20,22,23). The van der Waals surface area contributed by atoms with Gasteiger partial charge in [0, 0.05) is 13.2 Å². The van der Waals surface area contributed by atoms with Crippen LogP contribution in [0.3, 0.4) is 0 Å². The Kier molecular flexibility index (Phi) is 4.45. The molecule has 9 heteroatoms. The van der Waals surface area contributed by atoms with Gasteiger partial charge in [-0.05, 0) is 30.5 Å². The molecule has 1 aliphatic heterocycles. The van der Waals surface area contributed by atoms with Crippen molar-refractivity contribution in [1.82, 2.24) is 19.5 Å². The predicted octanol–water partition coefficient (Wildman–Crippen LogP) is 4.19. The summed E-state index contributed by atoms with van der Waals surface area (Å²) in [7, 11) is 0. The summed E-state index contributed by atoms with van der Waals surface area (Å²) in [6, 6.07) is 5.29. The monoisotopic (exact) mass is 381 g/mol. The van der Waals surface area contributed by atoms with E-state index in [0.29, 0.717) is 40.2 Å². The highest BCUT2D eigenvalue weighted by Crippen LogP contribution is 2.28. The Labute approximate surface area is 153 Å². The Balaban J connectivity index is 1.63. The third-order valence-electron chi connectivity index (χ3n) is 4.05. The van der Waals surface area contributed by atoms with E-state index in [9.17, 15) is 4.39 Å². The number of benzene rings is 1. The minimum absolute atomic E-state index is 0.165. The molecule has 25 heavy (non-hydrogen) atoms. The molecule has 130 valence electrons. The molecule has 1 aromatic carbocycles. The van der Waals surface area contributed by atoms with Crippen molar-refractivity contribution in [3.8, 4) is 0 Å². The number of anilines is 1. The van der Waals surface area contributed by atoms with Crippen LogP contribution in [-0.4, -0.2) is 26.1 Å². The average Bonchev–Trinajstić information content (AvgIpc) is 3.24. The van der Waals surface area contributed by atoms with Crippen LogP contribution in [0.15, 0.2) is 24.5 Å². The van der Waals surface area contributed by atoms with E-state index in [0.717, 1.165) is 18.4 Å². The molecular formula is C16H14Cl2FN5O. The number of imidazole rings is 1. The van der Waals surface area contributed by atoms with Crippen LogP contribution in [0.1, 0.15) is 24.6 Å². The molecule has 3 heterocycles. The fourth-order valence-electron chi connectivity index (χ4n) is 2.84. The first kappa shape index (κ1) is 16.5. The maximum Gasteiger partial charge on any atom is 0.312 e. The van der Waals surface area contributed by atoms with Crippen LogP contribution in [0.25, 0.3) is 11.2 Å². The molecule has 0 radical (unpaired) electrons. The van der Waals surface area contributed by atoms with Gasteiger partial charge in [0.1, 0.15) is 6.23 Å². The van der Waals surface area contributed by atoms with E-state index in [-0.39, 0.29) is 6.23 Å². The van der Waals surface area contributed by atoms with Gasteiger partial charge in [-0.3, -0.25) is 4.57 Å². The highest BCUT2D eigenvalue weighted by molar-refractivity contribution is 6.42. The maximum atomic E-state index is 13.9. The van der Waals surface area contributed by atoms with Crippen molar-refractivity contribution in [2.45, 2.75) is 25.6 Å². The third kappa shape index (κ3) is 3.27. The Morgan fingerprint density at radius 2 is 2.16 bits per heavy atom. The van der Waals surface area contributed by atoms with Gasteiger partial charge in [0.25, 0.3) is 0 Å². The van der Waals surface area contributed by atoms with Crippen molar-refractivity contribution in [3.05, 3.63) is 46.2 Å². The van der Waals surface area contributed by atoms with E-state index in [2.05, 4.69) is 20.3 Å². The Morgan fingerprint density at radius 3 is 2.92 bits per heavy atom. The summed E-state index contributed by atoms with van der Waals surface area (Å²) < 4.78 is 21.3. The first-order valence-electron chi connectivity index (χ1n) is 7.81.